The van der Waals surface area contributed by atoms with Gasteiger partial charge in [-0.2, -0.15) is 0 Å². The Morgan fingerprint density at radius 1 is 1.50 bits per heavy atom. The van der Waals surface area contributed by atoms with Crippen LogP contribution < -0.4 is 0 Å². The van der Waals surface area contributed by atoms with Gasteiger partial charge in [-0.1, -0.05) is 13.3 Å². The molecule has 5 heteroatoms. The van der Waals surface area contributed by atoms with Gasteiger partial charge in [-0.05, 0) is 47.3 Å². The van der Waals surface area contributed by atoms with Crippen molar-refractivity contribution in [3.05, 3.63) is 26.3 Å². The molecule has 0 aliphatic heterocycles. The molecule has 2 aromatic rings. The molecule has 0 saturated heterocycles. The number of aromatic amines is 1. The van der Waals surface area contributed by atoms with Crippen molar-refractivity contribution in [2.75, 3.05) is 0 Å². The number of rotatable bonds is 3. The van der Waals surface area contributed by atoms with Crippen molar-refractivity contribution >= 4 is 45.8 Å². The lowest BCUT2D eigenvalue weighted by Gasteiger charge is -2.03. The maximum absolute atomic E-state index is 13.5. The number of aromatic nitrogens is 2. The summed E-state index contributed by atoms with van der Waals surface area (Å²) in [5.41, 5.74) is 1.77. The van der Waals surface area contributed by atoms with E-state index in [1.165, 1.54) is 0 Å². The second-order valence-electron chi connectivity index (χ2n) is 3.72. The fraction of sp³-hybridized carbons (Fsp3) is 0.364. The van der Waals surface area contributed by atoms with Crippen LogP contribution in [0.15, 0.2) is 12.1 Å². The van der Waals surface area contributed by atoms with Crippen LogP contribution in [0.4, 0.5) is 4.39 Å². The summed E-state index contributed by atoms with van der Waals surface area (Å²) in [6, 6.07) is 3.35. The number of nitrogens with zero attached hydrogens (tertiary/aromatic N) is 1. The highest BCUT2D eigenvalue weighted by molar-refractivity contribution is 14.1. The summed E-state index contributed by atoms with van der Waals surface area (Å²) in [5.74, 6) is -0.188. The van der Waals surface area contributed by atoms with E-state index in [-0.39, 0.29) is 5.82 Å². The van der Waals surface area contributed by atoms with Crippen LogP contribution in [-0.2, 0) is 6.54 Å². The molecule has 16 heavy (non-hydrogen) atoms. The monoisotopic (exact) mass is 350 g/mol. The van der Waals surface area contributed by atoms with E-state index >= 15 is 0 Å². The van der Waals surface area contributed by atoms with Gasteiger partial charge in [0.1, 0.15) is 5.82 Å². The van der Waals surface area contributed by atoms with E-state index in [2.05, 4.69) is 11.9 Å². The molecule has 0 amide bonds. The molecule has 0 saturated carbocycles. The van der Waals surface area contributed by atoms with Crippen molar-refractivity contribution in [2.45, 2.75) is 26.3 Å². The first-order chi connectivity index (χ1) is 7.63. The summed E-state index contributed by atoms with van der Waals surface area (Å²) in [6.45, 7) is 2.97. The number of imidazole rings is 1. The van der Waals surface area contributed by atoms with E-state index in [1.54, 1.807) is 12.1 Å². The summed E-state index contributed by atoms with van der Waals surface area (Å²) in [6.07, 6.45) is 2.15. The van der Waals surface area contributed by atoms with Gasteiger partial charge in [0.25, 0.3) is 0 Å². The molecule has 0 fully saturated rings. The Hall–Kier alpha value is -0.430. The topological polar surface area (TPSA) is 20.7 Å². The van der Waals surface area contributed by atoms with Crippen LogP contribution in [-0.4, -0.2) is 9.55 Å². The Labute approximate surface area is 112 Å². The van der Waals surface area contributed by atoms with E-state index in [1.807, 2.05) is 27.2 Å². The highest BCUT2D eigenvalue weighted by Crippen LogP contribution is 2.21. The quantitative estimate of drug-likeness (QED) is 0.649. The predicted octanol–water partition coefficient (Wildman–Crippen LogP) is 4.24. The molecule has 1 N–H and O–H groups in total. The zero-order valence-corrected chi connectivity index (χ0v) is 11.9. The molecule has 0 unspecified atom stereocenters. The van der Waals surface area contributed by atoms with Crippen LogP contribution in [0.25, 0.3) is 11.0 Å². The number of H-pyrrole nitrogens is 1. The SMILES string of the molecule is CCCCn1c(=S)[nH]c2cc(I)c(F)cc21. The first-order valence-electron chi connectivity index (χ1n) is 5.21. The molecule has 0 radical (unpaired) electrons. The van der Waals surface area contributed by atoms with Crippen LogP contribution in [0.5, 0.6) is 0 Å². The fourth-order valence-corrected chi connectivity index (χ4v) is 2.46. The van der Waals surface area contributed by atoms with Crippen molar-refractivity contribution in [3.63, 3.8) is 0 Å². The van der Waals surface area contributed by atoms with Gasteiger partial charge in [-0.15, -0.1) is 0 Å². The zero-order valence-electron chi connectivity index (χ0n) is 8.89. The third kappa shape index (κ3) is 2.15. The summed E-state index contributed by atoms with van der Waals surface area (Å²) >= 11 is 7.22. The van der Waals surface area contributed by atoms with Crippen molar-refractivity contribution in [1.29, 1.82) is 0 Å². The molecule has 86 valence electrons. The molecule has 0 atom stereocenters. The Bertz CT molecular complexity index is 573. The highest BCUT2D eigenvalue weighted by atomic mass is 127. The molecule has 0 bridgehead atoms. The third-order valence-corrected chi connectivity index (χ3v) is 3.70. The number of aryl methyl sites for hydroxylation is 1. The number of unbranched alkanes of at least 4 members (excludes halogenated alkanes) is 1. The van der Waals surface area contributed by atoms with Gasteiger partial charge in [0.15, 0.2) is 4.77 Å². The second-order valence-corrected chi connectivity index (χ2v) is 5.27. The van der Waals surface area contributed by atoms with Gasteiger partial charge in [-0.3, -0.25) is 0 Å². The van der Waals surface area contributed by atoms with E-state index in [4.69, 9.17) is 12.2 Å². The summed E-state index contributed by atoms with van der Waals surface area (Å²) < 4.78 is 16.7. The van der Waals surface area contributed by atoms with Crippen molar-refractivity contribution in [1.82, 2.24) is 9.55 Å². The molecular weight excluding hydrogens is 338 g/mol. The van der Waals surface area contributed by atoms with Gasteiger partial charge in [0, 0.05) is 12.6 Å². The molecule has 2 rings (SSSR count). The number of fused-ring (bicyclic) bond motifs is 1. The fourth-order valence-electron chi connectivity index (χ4n) is 1.69. The Kier molecular flexibility index (Phi) is 3.63. The molecule has 2 nitrogen and oxygen atoms in total. The number of halogens is 2. The van der Waals surface area contributed by atoms with Crippen LogP contribution in [0.1, 0.15) is 19.8 Å². The first-order valence-corrected chi connectivity index (χ1v) is 6.69. The second kappa shape index (κ2) is 4.83. The van der Waals surface area contributed by atoms with Crippen molar-refractivity contribution in [3.8, 4) is 0 Å². The minimum Gasteiger partial charge on any atom is -0.331 e. The van der Waals surface area contributed by atoms with Gasteiger partial charge >= 0.3 is 0 Å². The minimum absolute atomic E-state index is 0.188. The largest absolute Gasteiger partial charge is 0.331 e. The lowest BCUT2D eigenvalue weighted by atomic mass is 10.3. The number of hydrogen-bond acceptors (Lipinski definition) is 1. The first kappa shape index (κ1) is 12.0. The number of hydrogen-bond donors (Lipinski definition) is 1. The van der Waals surface area contributed by atoms with Crippen LogP contribution in [0.2, 0.25) is 0 Å². The normalized spacial score (nSPS) is 11.2. The summed E-state index contributed by atoms with van der Waals surface area (Å²) in [4.78, 5) is 3.11. The van der Waals surface area contributed by atoms with Crippen LogP contribution in [0.3, 0.4) is 0 Å². The van der Waals surface area contributed by atoms with Crippen LogP contribution in [0, 0.1) is 14.2 Å². The van der Waals surface area contributed by atoms with Gasteiger partial charge < -0.3 is 9.55 Å². The van der Waals surface area contributed by atoms with E-state index in [0.29, 0.717) is 8.34 Å². The standard InChI is InChI=1S/C11H12FIN2S/c1-2-3-4-15-10-5-7(12)8(13)6-9(10)14-11(15)16/h5-6H,2-4H2,1H3,(H,14,16). The predicted molar refractivity (Wildman–Crippen MR) is 74.7 cm³/mol. The lowest BCUT2D eigenvalue weighted by molar-refractivity contribution is 0.615. The van der Waals surface area contributed by atoms with E-state index in [9.17, 15) is 4.39 Å². The van der Waals surface area contributed by atoms with Gasteiger partial charge in [-0.25, -0.2) is 4.39 Å². The number of nitrogens with one attached hydrogen (secondary N) is 1. The van der Waals surface area contributed by atoms with Crippen LogP contribution >= 0.6 is 34.8 Å². The van der Waals surface area contributed by atoms with E-state index < -0.39 is 0 Å². The van der Waals surface area contributed by atoms with E-state index in [0.717, 1.165) is 30.4 Å². The minimum atomic E-state index is -0.188. The molecule has 1 aromatic carbocycles. The Balaban J connectivity index is 2.60. The Morgan fingerprint density at radius 2 is 2.25 bits per heavy atom. The zero-order chi connectivity index (χ0) is 11.7. The Morgan fingerprint density at radius 3 is 2.94 bits per heavy atom. The third-order valence-electron chi connectivity index (χ3n) is 2.55. The smallest absolute Gasteiger partial charge is 0.178 e. The molecule has 0 aliphatic carbocycles. The molecular formula is C11H12FIN2S. The summed E-state index contributed by atoms with van der Waals surface area (Å²) in [5, 5.41) is 0. The molecule has 0 aliphatic rings. The van der Waals surface area contributed by atoms with Gasteiger partial charge in [0.05, 0.1) is 14.6 Å². The maximum Gasteiger partial charge on any atom is 0.178 e. The molecule has 1 heterocycles. The van der Waals surface area contributed by atoms with Crippen molar-refractivity contribution in [2.24, 2.45) is 0 Å². The van der Waals surface area contributed by atoms with Gasteiger partial charge in [0.2, 0.25) is 0 Å². The average Bonchev–Trinajstić information content (AvgIpc) is 2.52. The maximum atomic E-state index is 13.5. The highest BCUT2D eigenvalue weighted by Gasteiger charge is 2.08. The molecule has 0 spiro atoms. The molecule has 1 aromatic heterocycles. The average molecular weight is 350 g/mol. The number of benzene rings is 1. The summed E-state index contributed by atoms with van der Waals surface area (Å²) in [7, 11) is 0. The lowest BCUT2D eigenvalue weighted by Crippen LogP contribution is -1.97. The van der Waals surface area contributed by atoms with Crippen molar-refractivity contribution < 1.29 is 4.39 Å².